The first-order valence-corrected chi connectivity index (χ1v) is 5.70. The van der Waals surface area contributed by atoms with Gasteiger partial charge in [-0.3, -0.25) is 9.59 Å². The minimum absolute atomic E-state index is 0.245. The van der Waals surface area contributed by atoms with Gasteiger partial charge in [-0.1, -0.05) is 0 Å². The summed E-state index contributed by atoms with van der Waals surface area (Å²) in [5, 5.41) is 10.7. The third kappa shape index (κ3) is 7.18. The van der Waals surface area contributed by atoms with Crippen LogP contribution in [0.15, 0.2) is 4.58 Å². The van der Waals surface area contributed by atoms with Crippen LogP contribution in [-0.4, -0.2) is 35.8 Å². The molecule has 8 heteroatoms. The molecule has 0 heterocycles. The van der Waals surface area contributed by atoms with Gasteiger partial charge in [0.2, 0.25) is 5.91 Å². The molecule has 16 heavy (non-hydrogen) atoms. The number of nitrogens with one attached hydrogen (secondary N) is 1. The van der Waals surface area contributed by atoms with Crippen molar-refractivity contribution in [1.29, 1.82) is 0 Å². The Labute approximate surface area is 97.3 Å². The van der Waals surface area contributed by atoms with Crippen LogP contribution in [0.1, 0.15) is 12.8 Å². The summed E-state index contributed by atoms with van der Waals surface area (Å²) in [5.41, 5.74) is 5.31. The highest BCUT2D eigenvalue weighted by atomic mass is 32.2. The second-order valence-corrected chi connectivity index (χ2v) is 3.85. The molecule has 1 amide bonds. The number of rotatable bonds is 9. The number of carbonyl (C=O) groups excluding carboxylic acids is 1. The average Bonchev–Trinajstić information content (AvgIpc) is 2.26. The quantitative estimate of drug-likeness (QED) is 0.389. The lowest BCUT2D eigenvalue weighted by Crippen LogP contribution is -2.35. The molecule has 92 valence electrons. The van der Waals surface area contributed by atoms with E-state index in [0.717, 1.165) is 11.9 Å². The number of amides is 1. The SMILES string of the molecule is NCCC[C@H](CSN=O)C(=O)NCC(=O)O. The molecule has 0 aliphatic carbocycles. The summed E-state index contributed by atoms with van der Waals surface area (Å²) >= 11 is 0.750. The van der Waals surface area contributed by atoms with E-state index in [9.17, 15) is 14.5 Å². The first-order valence-electron chi connectivity index (χ1n) is 4.76. The molecule has 4 N–H and O–H groups in total. The molecule has 0 unspecified atom stereocenters. The summed E-state index contributed by atoms with van der Waals surface area (Å²) in [6.07, 6.45) is 1.16. The zero-order valence-corrected chi connectivity index (χ0v) is 9.53. The highest BCUT2D eigenvalue weighted by Crippen LogP contribution is 2.14. The lowest BCUT2D eigenvalue weighted by atomic mass is 10.0. The summed E-state index contributed by atoms with van der Waals surface area (Å²) in [5.74, 6) is -1.67. The molecule has 0 bridgehead atoms. The Morgan fingerprint density at radius 2 is 2.19 bits per heavy atom. The Morgan fingerprint density at radius 3 is 2.69 bits per heavy atom. The van der Waals surface area contributed by atoms with Gasteiger partial charge < -0.3 is 16.2 Å². The lowest BCUT2D eigenvalue weighted by Gasteiger charge is -2.13. The Kier molecular flexibility index (Phi) is 8.45. The van der Waals surface area contributed by atoms with Crippen LogP contribution in [0.4, 0.5) is 0 Å². The van der Waals surface area contributed by atoms with Crippen LogP contribution in [0, 0.1) is 10.8 Å². The van der Waals surface area contributed by atoms with Crippen LogP contribution in [0.25, 0.3) is 0 Å². The molecular weight excluding hydrogens is 234 g/mol. The van der Waals surface area contributed by atoms with E-state index < -0.39 is 18.4 Å². The third-order valence-corrected chi connectivity index (χ3v) is 2.53. The largest absolute Gasteiger partial charge is 0.480 e. The predicted octanol–water partition coefficient (Wildman–Crippen LogP) is -0.0431. The van der Waals surface area contributed by atoms with E-state index in [1.165, 1.54) is 0 Å². The smallest absolute Gasteiger partial charge is 0.322 e. The van der Waals surface area contributed by atoms with Gasteiger partial charge in [0.25, 0.3) is 0 Å². The van der Waals surface area contributed by atoms with E-state index in [1.807, 2.05) is 0 Å². The molecule has 0 rings (SSSR count). The number of aliphatic carboxylic acids is 1. The van der Waals surface area contributed by atoms with E-state index in [4.69, 9.17) is 10.8 Å². The van der Waals surface area contributed by atoms with Crippen LogP contribution in [0.5, 0.6) is 0 Å². The second-order valence-electron chi connectivity index (χ2n) is 3.11. The number of hydrogen-bond donors (Lipinski definition) is 3. The number of nitrogens with two attached hydrogens (primary N) is 1. The van der Waals surface area contributed by atoms with Crippen molar-refractivity contribution in [2.45, 2.75) is 12.8 Å². The predicted molar refractivity (Wildman–Crippen MR) is 60.7 cm³/mol. The van der Waals surface area contributed by atoms with Gasteiger partial charge in [0.15, 0.2) is 0 Å². The molecule has 7 nitrogen and oxygen atoms in total. The first kappa shape index (κ1) is 14.8. The Hall–Kier alpha value is -1.15. The van der Waals surface area contributed by atoms with Gasteiger partial charge in [0.1, 0.15) is 6.54 Å². The van der Waals surface area contributed by atoms with Crippen molar-refractivity contribution in [2.24, 2.45) is 16.2 Å². The maximum absolute atomic E-state index is 11.5. The molecule has 0 aromatic carbocycles. The van der Waals surface area contributed by atoms with E-state index in [0.29, 0.717) is 19.4 Å². The monoisotopic (exact) mass is 249 g/mol. The third-order valence-electron chi connectivity index (χ3n) is 1.87. The van der Waals surface area contributed by atoms with Gasteiger partial charge in [0.05, 0.1) is 0 Å². The molecular formula is C8H15N3O4S. The molecule has 0 aromatic heterocycles. The van der Waals surface area contributed by atoms with Gasteiger partial charge in [-0.05, 0) is 19.4 Å². The number of carboxylic acid groups (broad SMARTS) is 1. The van der Waals surface area contributed by atoms with Gasteiger partial charge in [-0.15, -0.1) is 4.91 Å². The fraction of sp³-hybridized carbons (Fsp3) is 0.750. The van der Waals surface area contributed by atoms with Crippen molar-refractivity contribution in [1.82, 2.24) is 5.32 Å². The number of hydrogen-bond acceptors (Lipinski definition) is 6. The van der Waals surface area contributed by atoms with Crippen molar-refractivity contribution in [3.63, 3.8) is 0 Å². The van der Waals surface area contributed by atoms with Crippen LogP contribution in [-0.2, 0) is 9.59 Å². The summed E-state index contributed by atoms with van der Waals surface area (Å²) < 4.78 is 2.60. The van der Waals surface area contributed by atoms with Crippen molar-refractivity contribution in [3.05, 3.63) is 4.91 Å². The minimum Gasteiger partial charge on any atom is -0.480 e. The zero-order chi connectivity index (χ0) is 12.4. The second kappa shape index (κ2) is 9.10. The van der Waals surface area contributed by atoms with Crippen LogP contribution in [0.2, 0.25) is 0 Å². The number of carbonyl (C=O) groups is 2. The number of nitrogens with zero attached hydrogens (tertiary/aromatic N) is 1. The maximum atomic E-state index is 11.5. The molecule has 0 fully saturated rings. The summed E-state index contributed by atoms with van der Waals surface area (Å²) in [4.78, 5) is 31.7. The number of carboxylic acids is 1. The minimum atomic E-state index is -1.10. The van der Waals surface area contributed by atoms with E-state index >= 15 is 0 Å². The average molecular weight is 249 g/mol. The van der Waals surface area contributed by atoms with Crippen molar-refractivity contribution in [2.75, 3.05) is 18.8 Å². The normalized spacial score (nSPS) is 11.8. The van der Waals surface area contributed by atoms with E-state index in [-0.39, 0.29) is 11.7 Å². The van der Waals surface area contributed by atoms with Crippen molar-refractivity contribution in [3.8, 4) is 0 Å². The Morgan fingerprint density at radius 1 is 1.50 bits per heavy atom. The molecule has 0 aromatic rings. The van der Waals surface area contributed by atoms with Crippen LogP contribution < -0.4 is 11.1 Å². The lowest BCUT2D eigenvalue weighted by molar-refractivity contribution is -0.138. The van der Waals surface area contributed by atoms with Crippen molar-refractivity contribution >= 4 is 23.8 Å². The Balaban J connectivity index is 4.07. The highest BCUT2D eigenvalue weighted by molar-refractivity contribution is 7.97. The molecule has 0 aliphatic rings. The summed E-state index contributed by atoms with van der Waals surface area (Å²) in [6.45, 7) is 0.0268. The van der Waals surface area contributed by atoms with E-state index in [2.05, 4.69) is 9.90 Å². The van der Waals surface area contributed by atoms with Gasteiger partial charge in [-0.25, -0.2) is 0 Å². The van der Waals surface area contributed by atoms with Gasteiger partial charge in [0, 0.05) is 28.2 Å². The molecule has 0 radical (unpaired) electrons. The molecule has 0 saturated heterocycles. The fourth-order valence-electron chi connectivity index (χ4n) is 1.08. The summed E-state index contributed by atoms with van der Waals surface area (Å²) in [6, 6.07) is 0. The van der Waals surface area contributed by atoms with Crippen molar-refractivity contribution < 1.29 is 14.7 Å². The summed E-state index contributed by atoms with van der Waals surface area (Å²) in [7, 11) is 0. The first-order chi connectivity index (χ1) is 7.61. The molecule has 0 aliphatic heterocycles. The highest BCUT2D eigenvalue weighted by Gasteiger charge is 2.18. The van der Waals surface area contributed by atoms with Gasteiger partial charge in [-0.2, -0.15) is 0 Å². The van der Waals surface area contributed by atoms with E-state index in [1.54, 1.807) is 0 Å². The van der Waals surface area contributed by atoms with Gasteiger partial charge >= 0.3 is 5.97 Å². The fourth-order valence-corrected chi connectivity index (χ4v) is 1.64. The molecule has 0 spiro atoms. The maximum Gasteiger partial charge on any atom is 0.322 e. The zero-order valence-electron chi connectivity index (χ0n) is 8.72. The molecule has 1 atom stereocenters. The topological polar surface area (TPSA) is 122 Å². The standard InChI is InChI=1S/C8H15N3O4S/c9-3-1-2-6(5-16-11-15)8(14)10-4-7(12)13/h6H,1-5,9H2,(H,10,14)(H,12,13)/t6-/m1/s1. The number of nitroso groups, excluding NO2 is 1. The van der Waals surface area contributed by atoms with Crippen LogP contribution in [0.3, 0.4) is 0 Å². The Bertz CT molecular complexity index is 249. The molecule has 0 saturated carbocycles. The van der Waals surface area contributed by atoms with Crippen LogP contribution >= 0.6 is 11.9 Å².